The van der Waals surface area contributed by atoms with Crippen molar-refractivity contribution in [1.82, 2.24) is 0 Å². The molecule has 0 atom stereocenters. The summed E-state index contributed by atoms with van der Waals surface area (Å²) in [5, 5.41) is 0. The van der Waals surface area contributed by atoms with Crippen molar-refractivity contribution in [3.8, 4) is 5.75 Å². The number of ether oxygens (including phenoxy) is 2. The highest BCUT2D eigenvalue weighted by molar-refractivity contribution is 8.27. The Balaban J connectivity index is 1.74. The highest BCUT2D eigenvalue weighted by atomic mass is 32.2. The fourth-order valence-corrected chi connectivity index (χ4v) is 3.97. The molecule has 1 aliphatic heterocycles. The zero-order valence-electron chi connectivity index (χ0n) is 16.1. The van der Waals surface area contributed by atoms with Crippen molar-refractivity contribution in [3.63, 3.8) is 0 Å². The molecule has 162 valence electrons. The number of hydrogen-bond donors (Lipinski definition) is 0. The number of hydrogen-bond acceptors (Lipinski definition) is 6. The molecule has 0 saturated carbocycles. The molecular formula is C21H16F3NO4S2. The summed E-state index contributed by atoms with van der Waals surface area (Å²) in [7, 11) is 0. The van der Waals surface area contributed by atoms with Crippen molar-refractivity contribution < 1.29 is 32.2 Å². The monoisotopic (exact) mass is 467 g/mol. The molecule has 3 rings (SSSR count). The van der Waals surface area contributed by atoms with Crippen molar-refractivity contribution in [2.24, 2.45) is 0 Å². The van der Waals surface area contributed by atoms with Gasteiger partial charge in [0.2, 0.25) is 0 Å². The number of thiocarbonyl (C=S) groups is 1. The SMILES string of the molecule is CCOC(=O)COc1ccc(/C=C2/SC(=S)N(c3cccc(C(F)(F)F)c3)C2=O)cc1. The van der Waals surface area contributed by atoms with Gasteiger partial charge in [0.05, 0.1) is 22.8 Å². The molecule has 1 heterocycles. The maximum Gasteiger partial charge on any atom is 0.416 e. The van der Waals surface area contributed by atoms with Crippen LogP contribution in [0.25, 0.3) is 6.08 Å². The van der Waals surface area contributed by atoms with Gasteiger partial charge in [-0.15, -0.1) is 0 Å². The maximum atomic E-state index is 13.0. The molecule has 5 nitrogen and oxygen atoms in total. The van der Waals surface area contributed by atoms with Gasteiger partial charge in [0.1, 0.15) is 5.75 Å². The van der Waals surface area contributed by atoms with Crippen LogP contribution in [0.5, 0.6) is 5.75 Å². The van der Waals surface area contributed by atoms with Crippen molar-refractivity contribution in [2.45, 2.75) is 13.1 Å². The van der Waals surface area contributed by atoms with Crippen LogP contribution < -0.4 is 9.64 Å². The minimum absolute atomic E-state index is 0.0587. The second-order valence-corrected chi connectivity index (χ2v) is 7.90. The lowest BCUT2D eigenvalue weighted by Gasteiger charge is -2.16. The first-order valence-corrected chi connectivity index (χ1v) is 10.2. The summed E-state index contributed by atoms with van der Waals surface area (Å²) in [6.07, 6.45) is -2.94. The molecule has 0 unspecified atom stereocenters. The quantitative estimate of drug-likeness (QED) is 0.337. The largest absolute Gasteiger partial charge is 0.482 e. The van der Waals surface area contributed by atoms with Crippen LogP contribution in [0.2, 0.25) is 0 Å². The highest BCUT2D eigenvalue weighted by Crippen LogP contribution is 2.38. The Labute approximate surface area is 185 Å². The summed E-state index contributed by atoms with van der Waals surface area (Å²) in [5.74, 6) is -0.538. The molecule has 31 heavy (non-hydrogen) atoms. The fourth-order valence-electron chi connectivity index (χ4n) is 2.67. The summed E-state index contributed by atoms with van der Waals surface area (Å²) in [4.78, 5) is 25.5. The van der Waals surface area contributed by atoms with E-state index in [1.54, 1.807) is 37.3 Å². The zero-order valence-corrected chi connectivity index (χ0v) is 17.8. The van der Waals surface area contributed by atoms with Gasteiger partial charge in [-0.3, -0.25) is 9.69 Å². The van der Waals surface area contributed by atoms with E-state index in [1.807, 2.05) is 0 Å². The average molecular weight is 467 g/mol. The van der Waals surface area contributed by atoms with Crippen LogP contribution in [0.4, 0.5) is 18.9 Å². The summed E-state index contributed by atoms with van der Waals surface area (Å²) in [6.45, 7) is 1.74. The number of carbonyl (C=O) groups excluding carboxylic acids is 2. The molecule has 1 fully saturated rings. The first-order chi connectivity index (χ1) is 14.7. The molecule has 0 N–H and O–H groups in total. The van der Waals surface area contributed by atoms with Crippen molar-refractivity contribution in [3.05, 3.63) is 64.6 Å². The molecule has 10 heteroatoms. The number of amides is 1. The number of alkyl halides is 3. The molecule has 0 spiro atoms. The number of benzene rings is 2. The van der Waals surface area contributed by atoms with Gasteiger partial charge in [-0.25, -0.2) is 4.79 Å². The zero-order chi connectivity index (χ0) is 22.6. The topological polar surface area (TPSA) is 55.8 Å². The Kier molecular flexibility index (Phi) is 7.01. The first-order valence-electron chi connectivity index (χ1n) is 9.02. The standard InChI is InChI=1S/C21H16F3NO4S2/c1-2-28-18(26)12-29-16-8-6-13(7-9-16)10-17-19(27)25(20(30)31-17)15-5-3-4-14(11-15)21(22,23)24/h3-11H,2,12H2,1H3/b17-10+. The maximum absolute atomic E-state index is 13.0. The lowest BCUT2D eigenvalue weighted by Crippen LogP contribution is -2.27. The Morgan fingerprint density at radius 1 is 1.19 bits per heavy atom. The third-order valence-electron chi connectivity index (χ3n) is 4.07. The van der Waals surface area contributed by atoms with Crippen LogP contribution >= 0.6 is 24.0 Å². The molecule has 2 aromatic rings. The van der Waals surface area contributed by atoms with E-state index in [9.17, 15) is 22.8 Å². The van der Waals surface area contributed by atoms with Crippen LogP contribution in [0.3, 0.4) is 0 Å². The summed E-state index contributed by atoms with van der Waals surface area (Å²) < 4.78 is 49.2. The lowest BCUT2D eigenvalue weighted by atomic mass is 10.1. The van der Waals surface area contributed by atoms with Crippen LogP contribution in [-0.4, -0.2) is 29.4 Å². The number of rotatable bonds is 6. The van der Waals surface area contributed by atoms with Gasteiger partial charge in [0, 0.05) is 0 Å². The van der Waals surface area contributed by atoms with E-state index in [4.69, 9.17) is 21.7 Å². The Hall–Kier alpha value is -2.85. The van der Waals surface area contributed by atoms with Gasteiger partial charge in [0.25, 0.3) is 5.91 Å². The number of thioether (sulfide) groups is 1. The predicted molar refractivity (Wildman–Crippen MR) is 116 cm³/mol. The van der Waals surface area contributed by atoms with E-state index < -0.39 is 23.6 Å². The van der Waals surface area contributed by atoms with Gasteiger partial charge >= 0.3 is 12.1 Å². The molecular weight excluding hydrogens is 451 g/mol. The van der Waals surface area contributed by atoms with Gasteiger partial charge < -0.3 is 9.47 Å². The predicted octanol–water partition coefficient (Wildman–Crippen LogP) is 5.05. The Bertz CT molecular complexity index is 1040. The van der Waals surface area contributed by atoms with E-state index in [-0.39, 0.29) is 28.1 Å². The molecule has 2 aromatic carbocycles. The Morgan fingerprint density at radius 3 is 2.55 bits per heavy atom. The summed E-state index contributed by atoms with van der Waals surface area (Å²) in [6, 6.07) is 11.1. The van der Waals surface area contributed by atoms with Crippen molar-refractivity contribution in [1.29, 1.82) is 0 Å². The van der Waals surface area contributed by atoms with Crippen molar-refractivity contribution >= 4 is 51.9 Å². The molecule has 1 amide bonds. The number of anilines is 1. The van der Waals surface area contributed by atoms with E-state index in [1.165, 1.54) is 12.1 Å². The molecule has 0 radical (unpaired) electrons. The second-order valence-electron chi connectivity index (χ2n) is 6.23. The molecule has 0 aromatic heterocycles. The van der Waals surface area contributed by atoms with Crippen LogP contribution in [0.15, 0.2) is 53.4 Å². The van der Waals surface area contributed by atoms with E-state index in [0.717, 1.165) is 28.8 Å². The minimum Gasteiger partial charge on any atom is -0.482 e. The highest BCUT2D eigenvalue weighted by Gasteiger charge is 2.36. The van der Waals surface area contributed by atoms with E-state index >= 15 is 0 Å². The van der Waals surface area contributed by atoms with Gasteiger partial charge in [0.15, 0.2) is 10.9 Å². The molecule has 0 bridgehead atoms. The number of esters is 1. The van der Waals surface area contributed by atoms with Gasteiger partial charge in [-0.2, -0.15) is 13.2 Å². The third kappa shape index (κ3) is 5.65. The minimum atomic E-state index is -4.52. The number of nitrogens with zero attached hydrogens (tertiary/aromatic N) is 1. The Morgan fingerprint density at radius 2 is 1.90 bits per heavy atom. The van der Waals surface area contributed by atoms with Crippen LogP contribution in [-0.2, 0) is 20.5 Å². The molecule has 1 aliphatic rings. The van der Waals surface area contributed by atoms with Crippen molar-refractivity contribution in [2.75, 3.05) is 18.1 Å². The lowest BCUT2D eigenvalue weighted by molar-refractivity contribution is -0.145. The van der Waals surface area contributed by atoms with Gasteiger partial charge in [-0.05, 0) is 48.9 Å². The number of carbonyl (C=O) groups is 2. The second kappa shape index (κ2) is 9.52. The average Bonchev–Trinajstić information content (AvgIpc) is 3.00. The number of halogens is 3. The van der Waals surface area contributed by atoms with E-state index in [2.05, 4.69) is 0 Å². The van der Waals surface area contributed by atoms with E-state index in [0.29, 0.717) is 11.3 Å². The fraction of sp³-hybridized carbons (Fsp3) is 0.190. The third-order valence-corrected chi connectivity index (χ3v) is 5.37. The molecule has 0 aliphatic carbocycles. The summed E-state index contributed by atoms with van der Waals surface area (Å²) in [5.41, 5.74) is -0.141. The first kappa shape index (κ1) is 22.8. The van der Waals surface area contributed by atoms with Crippen LogP contribution in [0, 0.1) is 0 Å². The normalized spacial score (nSPS) is 15.5. The summed E-state index contributed by atoms with van der Waals surface area (Å²) >= 11 is 6.22. The van der Waals surface area contributed by atoms with Gasteiger partial charge in [-0.1, -0.05) is 42.2 Å². The molecule has 1 saturated heterocycles. The smallest absolute Gasteiger partial charge is 0.416 e. The van der Waals surface area contributed by atoms with Crippen LogP contribution in [0.1, 0.15) is 18.1 Å².